The van der Waals surface area contributed by atoms with Gasteiger partial charge in [0.25, 0.3) is 0 Å². The van der Waals surface area contributed by atoms with Crippen molar-refractivity contribution in [1.29, 1.82) is 0 Å². The highest BCUT2D eigenvalue weighted by atomic mass is 127. The third kappa shape index (κ3) is 11.4. The van der Waals surface area contributed by atoms with Gasteiger partial charge in [-0.2, -0.15) is 12.6 Å². The molecule has 0 spiro atoms. The summed E-state index contributed by atoms with van der Waals surface area (Å²) in [4.78, 5) is 1.97. The maximum absolute atomic E-state index is 3.53. The zero-order chi connectivity index (χ0) is 4.00. The molecule has 0 aromatic carbocycles. The van der Waals surface area contributed by atoms with Crippen molar-refractivity contribution in [3.05, 3.63) is 0 Å². The highest BCUT2D eigenvalue weighted by Gasteiger charge is 0.950. The van der Waals surface area contributed by atoms with Crippen LogP contribution in [0.4, 0.5) is 0 Å². The summed E-state index contributed by atoms with van der Waals surface area (Å²) in [6.07, 6.45) is 1.69. The summed E-state index contributed by atoms with van der Waals surface area (Å²) in [7, 11) is 0. The molecule has 0 aromatic heterocycles. The monoisotopic (exact) mass is 190 g/mol. The van der Waals surface area contributed by atoms with Crippen LogP contribution < -0.4 is 0 Å². The second kappa shape index (κ2) is 33.2. The van der Waals surface area contributed by atoms with Crippen molar-refractivity contribution in [2.75, 3.05) is 11.2 Å². The maximum Gasteiger partial charge on any atom is -0.0121 e. The molecule has 0 aliphatic rings. The van der Waals surface area contributed by atoms with Gasteiger partial charge in [0.15, 0.2) is 0 Å². The van der Waals surface area contributed by atoms with E-state index < -0.39 is 0 Å². The Morgan fingerprint density at radius 1 is 1.25 bits per heavy atom. The minimum atomic E-state index is 1.69. The third-order valence-corrected chi connectivity index (χ3v) is 0. The van der Waals surface area contributed by atoms with Crippen LogP contribution in [0.1, 0.15) is 0 Å². The number of thiol groups is 1. The van der Waals surface area contributed by atoms with Gasteiger partial charge in [-0.25, -0.2) is 0 Å². The molecule has 4 heavy (non-hydrogen) atoms. The van der Waals surface area contributed by atoms with E-state index in [2.05, 4.69) is 35.2 Å². The van der Waals surface area contributed by atoms with Crippen LogP contribution in [0.25, 0.3) is 0 Å². The van der Waals surface area contributed by atoms with Gasteiger partial charge in [-0.15, -0.1) is 0 Å². The van der Waals surface area contributed by atoms with Crippen molar-refractivity contribution in [2.24, 2.45) is 0 Å². The van der Waals surface area contributed by atoms with Gasteiger partial charge in [0.05, 0.1) is 0 Å². The van der Waals surface area contributed by atoms with Crippen LogP contribution in [0.15, 0.2) is 0 Å². The topological polar surface area (TPSA) is 0 Å². The minimum Gasteiger partial charge on any atom is -0.183 e. The lowest BCUT2D eigenvalue weighted by Crippen LogP contribution is -0.865. The molecular weight excluding hydrogens is 183 g/mol. The van der Waals surface area contributed by atoms with Crippen molar-refractivity contribution in [2.45, 2.75) is 0 Å². The molecule has 0 N–H and O–H groups in total. The molecule has 0 heterocycles. The van der Waals surface area contributed by atoms with Gasteiger partial charge in [-0.05, 0) is 11.2 Å². The Balaban J connectivity index is 0. The van der Waals surface area contributed by atoms with Crippen LogP contribution in [0.3, 0.4) is 0 Å². The number of halogens is 1. The van der Waals surface area contributed by atoms with Gasteiger partial charge in [0.1, 0.15) is 0 Å². The smallest absolute Gasteiger partial charge is 0.0121 e. The molecule has 0 aromatic rings. The molecule has 0 aliphatic heterocycles. The molecule has 0 bridgehead atoms. The summed E-state index contributed by atoms with van der Waals surface area (Å²) in [5.41, 5.74) is 0. The lowest BCUT2D eigenvalue weighted by Gasteiger charge is -1.11. The molecule has 0 amide bonds. The van der Waals surface area contributed by atoms with Crippen LogP contribution in [0.2, 0.25) is 0 Å². The fourth-order valence-electron chi connectivity index (χ4n) is 0. The first-order chi connectivity index (χ1) is 2.00. The first-order valence-corrected chi connectivity index (χ1v) is 3.88. The van der Waals surface area contributed by atoms with E-state index in [1.54, 1.807) is 6.26 Å². The molecule has 0 radical (unpaired) electrons. The van der Waals surface area contributed by atoms with Crippen LogP contribution in [-0.2, 0) is 0 Å². The van der Waals surface area contributed by atoms with E-state index in [9.17, 15) is 0 Å². The van der Waals surface area contributed by atoms with E-state index in [1.165, 1.54) is 0 Å². The summed E-state index contributed by atoms with van der Waals surface area (Å²) >= 11 is 5.68. The Hall–Kier alpha value is 1.08. The second-order valence-electron chi connectivity index (χ2n) is 0. The molecule has 0 rings (SSSR count). The summed E-state index contributed by atoms with van der Waals surface area (Å²) in [5, 5.41) is 0. The third-order valence-electron chi connectivity index (χ3n) is 0. The first kappa shape index (κ1) is 8.91. The molecular formula is C2H7IS. The largest absolute Gasteiger partial charge is 0.183 e. The fraction of sp³-hybridized carbons (Fsp3) is 1.00. The van der Waals surface area contributed by atoms with Gasteiger partial charge < -0.3 is 0 Å². The van der Waals surface area contributed by atoms with Gasteiger partial charge in [-0.3, -0.25) is 0 Å². The predicted molar refractivity (Wildman–Crippen MR) is 34.9 cm³/mol. The zero-order valence-electron chi connectivity index (χ0n) is 2.83. The Morgan fingerprint density at radius 3 is 1.25 bits per heavy atom. The predicted octanol–water partition coefficient (Wildman–Crippen LogP) is 1.60. The average molecular weight is 190 g/mol. The van der Waals surface area contributed by atoms with Crippen molar-refractivity contribution in [1.82, 2.24) is 0 Å². The summed E-state index contributed by atoms with van der Waals surface area (Å²) in [6, 6.07) is 0. The zero-order valence-corrected chi connectivity index (χ0v) is 5.88. The van der Waals surface area contributed by atoms with E-state index >= 15 is 0 Å². The second-order valence-corrected chi connectivity index (χ2v) is 0. The SMILES string of the molecule is CI.CS. The van der Waals surface area contributed by atoms with Crippen LogP contribution >= 0.6 is 35.2 Å². The van der Waals surface area contributed by atoms with Gasteiger partial charge in [-0.1, -0.05) is 22.6 Å². The number of alkyl halides is 1. The normalized spacial score (nSPS) is 3.00. The quantitative estimate of drug-likeness (QED) is 0.334. The van der Waals surface area contributed by atoms with Gasteiger partial charge in [0.2, 0.25) is 0 Å². The Morgan fingerprint density at radius 2 is 1.25 bits per heavy atom. The molecule has 0 unspecified atom stereocenters. The molecule has 0 aliphatic carbocycles. The van der Waals surface area contributed by atoms with Crippen LogP contribution in [0, 0.1) is 0 Å². The number of rotatable bonds is 0. The molecule has 0 nitrogen and oxygen atoms in total. The van der Waals surface area contributed by atoms with Crippen molar-refractivity contribution in [3.8, 4) is 0 Å². The van der Waals surface area contributed by atoms with E-state index in [0.29, 0.717) is 0 Å². The number of hydrogen-bond acceptors (Lipinski definition) is 1. The van der Waals surface area contributed by atoms with Gasteiger partial charge in [0, 0.05) is 0 Å². The molecule has 0 fully saturated rings. The summed E-state index contributed by atoms with van der Waals surface area (Å²) in [6.45, 7) is 0. The number of hydrogen-bond donors (Lipinski definition) is 1. The molecule has 2 heteroatoms. The Kier molecular flexibility index (Phi) is 73.9. The lowest BCUT2D eigenvalue weighted by molar-refractivity contribution is 2.55. The maximum atomic E-state index is 3.53. The summed E-state index contributed by atoms with van der Waals surface area (Å²) in [5.74, 6) is 0. The molecule has 0 saturated carbocycles. The average Bonchev–Trinajstić information content (AvgIpc) is 1.50. The van der Waals surface area contributed by atoms with Crippen LogP contribution in [0.5, 0.6) is 0 Å². The van der Waals surface area contributed by atoms with E-state index in [0.717, 1.165) is 0 Å². The van der Waals surface area contributed by atoms with Crippen molar-refractivity contribution < 1.29 is 0 Å². The molecule has 28 valence electrons. The highest BCUT2D eigenvalue weighted by Crippen LogP contribution is 1.48. The standard InChI is InChI=1S/CH3I.CH4S/c2*1-2/h1H3;2H,1H3. The van der Waals surface area contributed by atoms with E-state index in [4.69, 9.17) is 0 Å². The van der Waals surface area contributed by atoms with E-state index in [1.807, 2.05) is 4.93 Å². The van der Waals surface area contributed by atoms with Crippen molar-refractivity contribution >= 4 is 35.2 Å². The molecule has 0 saturated heterocycles. The Bertz CT molecular complexity index is 6.00. The lowest BCUT2D eigenvalue weighted by atomic mass is 12.0. The summed E-state index contributed by atoms with van der Waals surface area (Å²) < 4.78 is 0. The fourth-order valence-corrected chi connectivity index (χ4v) is 0. The van der Waals surface area contributed by atoms with E-state index in [-0.39, 0.29) is 0 Å². The van der Waals surface area contributed by atoms with Crippen LogP contribution in [-0.4, -0.2) is 11.2 Å². The van der Waals surface area contributed by atoms with Crippen molar-refractivity contribution in [3.63, 3.8) is 0 Å². The highest BCUT2D eigenvalue weighted by molar-refractivity contribution is 14.1. The first-order valence-electron chi connectivity index (χ1n) is 0.825. The molecule has 0 atom stereocenters. The van der Waals surface area contributed by atoms with Gasteiger partial charge >= 0.3 is 0 Å². The minimum absolute atomic E-state index is 1.69. The Labute approximate surface area is 46.5 Å².